The molecule has 0 saturated carbocycles. The first kappa shape index (κ1) is 17.8. The first-order chi connectivity index (χ1) is 8.57. The van der Waals surface area contributed by atoms with Crippen LogP contribution in [-0.2, 0) is 17.7 Å². The standard InChI is InChI=1S/C12H26O4Si2/c1-7-17(13-3,14-4)11-9-10-12-18(8-2,15-5)16-6/h7-8H,1-2,9-12H2,3-6H3. The zero-order valence-electron chi connectivity index (χ0n) is 12.0. The smallest absolute Gasteiger partial charge is 0.363 e. The molecule has 0 amide bonds. The minimum atomic E-state index is -2.17. The van der Waals surface area contributed by atoms with E-state index >= 15 is 0 Å². The Bertz CT molecular complexity index is 224. The molecule has 0 aromatic rings. The Labute approximate surface area is 113 Å². The van der Waals surface area contributed by atoms with Crippen LogP contribution in [0.15, 0.2) is 24.6 Å². The van der Waals surface area contributed by atoms with E-state index in [-0.39, 0.29) is 0 Å². The summed E-state index contributed by atoms with van der Waals surface area (Å²) in [4.78, 5) is 0. The van der Waals surface area contributed by atoms with Crippen LogP contribution in [0.2, 0.25) is 12.1 Å². The Hall–Kier alpha value is -0.246. The SMILES string of the molecule is C=C[Si](CCCC[Si](C=C)(OC)OC)(OC)OC. The molecule has 0 aromatic heterocycles. The van der Waals surface area contributed by atoms with E-state index in [0.29, 0.717) is 0 Å². The lowest BCUT2D eigenvalue weighted by Crippen LogP contribution is -2.39. The van der Waals surface area contributed by atoms with Crippen molar-refractivity contribution in [1.29, 1.82) is 0 Å². The van der Waals surface area contributed by atoms with Crippen LogP contribution < -0.4 is 0 Å². The van der Waals surface area contributed by atoms with Gasteiger partial charge in [0.25, 0.3) is 0 Å². The van der Waals surface area contributed by atoms with Crippen LogP contribution in [0.5, 0.6) is 0 Å². The number of rotatable bonds is 11. The first-order valence-electron chi connectivity index (χ1n) is 6.05. The highest BCUT2D eigenvalue weighted by atomic mass is 28.4. The van der Waals surface area contributed by atoms with Gasteiger partial charge in [-0.1, -0.05) is 12.8 Å². The van der Waals surface area contributed by atoms with Gasteiger partial charge in [0.15, 0.2) is 0 Å². The van der Waals surface area contributed by atoms with E-state index in [9.17, 15) is 0 Å². The van der Waals surface area contributed by atoms with Crippen molar-refractivity contribution in [2.75, 3.05) is 28.4 Å². The molecule has 4 nitrogen and oxygen atoms in total. The van der Waals surface area contributed by atoms with Crippen molar-refractivity contribution >= 4 is 17.1 Å². The van der Waals surface area contributed by atoms with E-state index in [4.69, 9.17) is 17.7 Å². The fourth-order valence-corrected chi connectivity index (χ4v) is 5.57. The summed E-state index contributed by atoms with van der Waals surface area (Å²) in [6, 6.07) is 1.80. The fraction of sp³-hybridized carbons (Fsp3) is 0.667. The van der Waals surface area contributed by atoms with Gasteiger partial charge in [-0.3, -0.25) is 0 Å². The average molecular weight is 291 g/mol. The molecule has 6 heteroatoms. The monoisotopic (exact) mass is 290 g/mol. The molecule has 0 atom stereocenters. The first-order valence-corrected chi connectivity index (χ1v) is 10.3. The second kappa shape index (κ2) is 8.79. The number of hydrogen-bond donors (Lipinski definition) is 0. The van der Waals surface area contributed by atoms with Gasteiger partial charge in [0.05, 0.1) is 0 Å². The highest BCUT2D eigenvalue weighted by molar-refractivity contribution is 6.73. The third-order valence-corrected chi connectivity index (χ3v) is 9.41. The van der Waals surface area contributed by atoms with E-state index in [1.54, 1.807) is 28.4 Å². The van der Waals surface area contributed by atoms with E-state index in [1.807, 2.05) is 11.4 Å². The predicted molar refractivity (Wildman–Crippen MR) is 78.8 cm³/mol. The van der Waals surface area contributed by atoms with Crippen LogP contribution >= 0.6 is 0 Å². The van der Waals surface area contributed by atoms with Gasteiger partial charge < -0.3 is 17.7 Å². The van der Waals surface area contributed by atoms with Crippen molar-refractivity contribution in [3.63, 3.8) is 0 Å². The summed E-state index contributed by atoms with van der Waals surface area (Å²) in [5, 5.41) is 0. The van der Waals surface area contributed by atoms with Crippen LogP contribution in [0.1, 0.15) is 12.8 Å². The van der Waals surface area contributed by atoms with E-state index in [2.05, 4.69) is 13.2 Å². The summed E-state index contributed by atoms with van der Waals surface area (Å²) in [6.45, 7) is 7.61. The minimum absolute atomic E-state index is 0.901. The molecule has 0 radical (unpaired) electrons. The van der Waals surface area contributed by atoms with Gasteiger partial charge in [0.2, 0.25) is 0 Å². The topological polar surface area (TPSA) is 36.9 Å². The molecule has 0 unspecified atom stereocenters. The number of hydrogen-bond acceptors (Lipinski definition) is 4. The van der Waals surface area contributed by atoms with Gasteiger partial charge in [0.1, 0.15) is 0 Å². The van der Waals surface area contributed by atoms with Crippen molar-refractivity contribution in [3.05, 3.63) is 24.6 Å². The van der Waals surface area contributed by atoms with Crippen molar-refractivity contribution in [2.45, 2.75) is 24.9 Å². The normalized spacial score (nSPS) is 12.4. The zero-order chi connectivity index (χ0) is 14.1. The van der Waals surface area contributed by atoms with Crippen LogP contribution in [0, 0.1) is 0 Å². The minimum Gasteiger partial charge on any atom is -0.395 e. The predicted octanol–water partition coefficient (Wildman–Crippen LogP) is 2.69. The Morgan fingerprint density at radius 1 is 0.722 bits per heavy atom. The lowest BCUT2D eigenvalue weighted by molar-refractivity contribution is 0.249. The van der Waals surface area contributed by atoms with Gasteiger partial charge in [-0.2, -0.15) is 0 Å². The Morgan fingerprint density at radius 3 is 1.17 bits per heavy atom. The molecule has 0 saturated heterocycles. The van der Waals surface area contributed by atoms with Crippen molar-refractivity contribution in [1.82, 2.24) is 0 Å². The summed E-state index contributed by atoms with van der Waals surface area (Å²) in [6.07, 6.45) is 2.02. The van der Waals surface area contributed by atoms with Gasteiger partial charge in [0, 0.05) is 28.4 Å². The van der Waals surface area contributed by atoms with E-state index in [0.717, 1.165) is 24.9 Å². The Morgan fingerprint density at radius 2 is 1.00 bits per heavy atom. The van der Waals surface area contributed by atoms with Crippen LogP contribution in [-0.4, -0.2) is 45.6 Å². The van der Waals surface area contributed by atoms with Gasteiger partial charge in [-0.05, 0) is 23.5 Å². The summed E-state index contributed by atoms with van der Waals surface area (Å²) in [5.74, 6) is 0. The fourth-order valence-electron chi connectivity index (χ4n) is 1.86. The molecule has 0 bridgehead atoms. The van der Waals surface area contributed by atoms with Gasteiger partial charge >= 0.3 is 17.1 Å². The highest BCUT2D eigenvalue weighted by Crippen LogP contribution is 2.22. The van der Waals surface area contributed by atoms with Crippen molar-refractivity contribution in [3.8, 4) is 0 Å². The molecule has 0 heterocycles. The summed E-state index contributed by atoms with van der Waals surface area (Å²) >= 11 is 0. The molecule has 18 heavy (non-hydrogen) atoms. The molecule has 0 aliphatic rings. The molecular formula is C12H26O4Si2. The van der Waals surface area contributed by atoms with Crippen molar-refractivity contribution < 1.29 is 17.7 Å². The second-order valence-corrected chi connectivity index (χ2v) is 10.8. The maximum absolute atomic E-state index is 5.47. The number of unbranched alkanes of at least 4 members (excludes halogenated alkanes) is 1. The van der Waals surface area contributed by atoms with Gasteiger partial charge in [-0.25, -0.2) is 0 Å². The molecule has 0 aromatic carbocycles. The molecule has 106 valence electrons. The lowest BCUT2D eigenvalue weighted by atomic mass is 10.4. The van der Waals surface area contributed by atoms with Crippen LogP contribution in [0.4, 0.5) is 0 Å². The molecule has 0 aliphatic heterocycles. The third-order valence-electron chi connectivity index (χ3n) is 3.30. The second-order valence-electron chi connectivity index (χ2n) is 4.06. The molecule has 0 spiro atoms. The Balaban J connectivity index is 4.19. The van der Waals surface area contributed by atoms with E-state index in [1.165, 1.54) is 0 Å². The quantitative estimate of drug-likeness (QED) is 0.433. The highest BCUT2D eigenvalue weighted by Gasteiger charge is 2.33. The summed E-state index contributed by atoms with van der Waals surface area (Å²) in [7, 11) is 2.40. The largest absolute Gasteiger partial charge is 0.395 e. The Kier molecular flexibility index (Phi) is 8.67. The molecular weight excluding hydrogens is 264 g/mol. The van der Waals surface area contributed by atoms with E-state index < -0.39 is 17.1 Å². The summed E-state index contributed by atoms with van der Waals surface area (Å²) in [5.41, 5.74) is 3.66. The molecule has 0 N–H and O–H groups in total. The lowest BCUT2D eigenvalue weighted by Gasteiger charge is -2.25. The van der Waals surface area contributed by atoms with Gasteiger partial charge in [-0.15, -0.1) is 13.2 Å². The maximum Gasteiger partial charge on any atom is 0.363 e. The van der Waals surface area contributed by atoms with Crippen LogP contribution in [0.3, 0.4) is 0 Å². The molecule has 0 rings (SSSR count). The summed E-state index contributed by atoms with van der Waals surface area (Å²) < 4.78 is 21.9. The van der Waals surface area contributed by atoms with Crippen LogP contribution in [0.25, 0.3) is 0 Å². The third kappa shape index (κ3) is 4.79. The average Bonchev–Trinajstić information content (AvgIpc) is 2.45. The molecule has 0 aliphatic carbocycles. The maximum atomic E-state index is 5.47. The molecule has 0 fully saturated rings. The van der Waals surface area contributed by atoms with Crippen molar-refractivity contribution in [2.24, 2.45) is 0 Å². The zero-order valence-corrected chi connectivity index (χ0v) is 14.0.